The molecule has 0 radical (unpaired) electrons. The fraction of sp³-hybridized carbons (Fsp3) is 0.294. The molecule has 1 aliphatic rings. The van der Waals surface area contributed by atoms with Crippen molar-refractivity contribution >= 4 is 17.8 Å². The summed E-state index contributed by atoms with van der Waals surface area (Å²) in [6.07, 6.45) is 2.40. The maximum Gasteiger partial charge on any atom is 0.345 e. The lowest BCUT2D eigenvalue weighted by Gasteiger charge is -2.20. The van der Waals surface area contributed by atoms with Crippen LogP contribution in [0.1, 0.15) is 18.9 Å². The van der Waals surface area contributed by atoms with Crippen molar-refractivity contribution in [3.63, 3.8) is 0 Å². The van der Waals surface area contributed by atoms with E-state index in [2.05, 4.69) is 0 Å². The highest BCUT2D eigenvalue weighted by molar-refractivity contribution is 6.23. The number of ether oxygens (including phenoxy) is 3. The van der Waals surface area contributed by atoms with Gasteiger partial charge in [0.05, 0.1) is 14.2 Å². The minimum Gasteiger partial charge on any atom is -0.511 e. The van der Waals surface area contributed by atoms with Crippen LogP contribution >= 0.6 is 0 Å². The summed E-state index contributed by atoms with van der Waals surface area (Å²) in [5.41, 5.74) is 0.311. The van der Waals surface area contributed by atoms with Crippen molar-refractivity contribution in [2.75, 3.05) is 14.2 Å². The molecule has 1 aliphatic heterocycles. The Labute approximate surface area is 134 Å². The second-order valence-corrected chi connectivity index (χ2v) is 5.05. The summed E-state index contributed by atoms with van der Waals surface area (Å²) >= 11 is 0. The van der Waals surface area contributed by atoms with Crippen molar-refractivity contribution in [3.05, 3.63) is 41.2 Å². The summed E-state index contributed by atoms with van der Waals surface area (Å²) in [5, 5.41) is 9.83. The highest BCUT2D eigenvalue weighted by atomic mass is 16.5. The van der Waals surface area contributed by atoms with Gasteiger partial charge < -0.3 is 19.3 Å². The predicted octanol–water partition coefficient (Wildman–Crippen LogP) is 2.43. The molecule has 0 aliphatic carbocycles. The van der Waals surface area contributed by atoms with Crippen LogP contribution in [0.3, 0.4) is 0 Å². The number of hydrogen-bond acceptors (Lipinski definition) is 6. The Bertz CT molecular complexity index is 686. The summed E-state index contributed by atoms with van der Waals surface area (Å²) in [4.78, 5) is 23.9. The van der Waals surface area contributed by atoms with Crippen LogP contribution in [0.5, 0.6) is 11.5 Å². The molecule has 1 aromatic carbocycles. The number of aliphatic hydroxyl groups is 1. The van der Waals surface area contributed by atoms with Gasteiger partial charge in [-0.3, -0.25) is 4.79 Å². The maximum atomic E-state index is 12.2. The Balaban J connectivity index is 2.25. The summed E-state index contributed by atoms with van der Waals surface area (Å²) in [6.45, 7) is 1.65. The molecule has 1 atom stereocenters. The number of rotatable bonds is 5. The minimum atomic E-state index is -0.808. The Morgan fingerprint density at radius 2 is 2.09 bits per heavy atom. The van der Waals surface area contributed by atoms with E-state index in [4.69, 9.17) is 14.2 Å². The van der Waals surface area contributed by atoms with Crippen LogP contribution in [0.2, 0.25) is 0 Å². The topological polar surface area (TPSA) is 82.1 Å². The summed E-state index contributed by atoms with van der Waals surface area (Å²) in [5.74, 6) is -0.526. The number of carbonyl (C=O) groups is 2. The van der Waals surface area contributed by atoms with Gasteiger partial charge in [-0.05, 0) is 31.2 Å². The van der Waals surface area contributed by atoms with Gasteiger partial charge in [0.1, 0.15) is 28.9 Å². The van der Waals surface area contributed by atoms with E-state index >= 15 is 0 Å². The number of aliphatic hydroxyl groups excluding tert-OH is 1. The van der Waals surface area contributed by atoms with Gasteiger partial charge in [-0.15, -0.1) is 0 Å². The van der Waals surface area contributed by atoms with Crippen molar-refractivity contribution in [2.24, 2.45) is 0 Å². The molecule has 1 unspecified atom stereocenters. The zero-order valence-electron chi connectivity index (χ0n) is 13.2. The van der Waals surface area contributed by atoms with Gasteiger partial charge in [-0.25, -0.2) is 4.79 Å². The fourth-order valence-corrected chi connectivity index (χ4v) is 2.22. The first-order valence-corrected chi connectivity index (χ1v) is 7.03. The van der Waals surface area contributed by atoms with Gasteiger partial charge in [-0.2, -0.15) is 0 Å². The van der Waals surface area contributed by atoms with E-state index in [1.54, 1.807) is 32.2 Å². The predicted molar refractivity (Wildman–Crippen MR) is 83.4 cm³/mol. The van der Waals surface area contributed by atoms with Crippen molar-refractivity contribution in [2.45, 2.75) is 19.4 Å². The lowest BCUT2D eigenvalue weighted by Crippen LogP contribution is -2.27. The molecule has 1 aromatic rings. The molecule has 0 spiro atoms. The first-order chi connectivity index (χ1) is 11.0. The SMILES string of the molecule is COc1ccc(C=CC(=O)C2=C(O)CC(C)OC2=O)c(OC)c1. The molecular formula is C17H18O6. The summed E-state index contributed by atoms with van der Waals surface area (Å²) in [7, 11) is 3.04. The molecule has 1 N–H and O–H groups in total. The second kappa shape index (κ2) is 7.00. The largest absolute Gasteiger partial charge is 0.511 e. The van der Waals surface area contributed by atoms with Crippen LogP contribution in [-0.4, -0.2) is 37.2 Å². The minimum absolute atomic E-state index is 0.131. The normalized spacial score (nSPS) is 18.0. The number of hydrogen-bond donors (Lipinski definition) is 1. The van der Waals surface area contributed by atoms with Crippen LogP contribution < -0.4 is 9.47 Å². The van der Waals surface area contributed by atoms with Gasteiger partial charge in [-0.1, -0.05) is 0 Å². The number of methoxy groups -OCH3 is 2. The number of esters is 1. The van der Waals surface area contributed by atoms with Gasteiger partial charge in [0.25, 0.3) is 0 Å². The third-order valence-corrected chi connectivity index (χ3v) is 3.38. The Kier molecular flexibility index (Phi) is 5.05. The summed E-state index contributed by atoms with van der Waals surface area (Å²) in [6, 6.07) is 5.12. The highest BCUT2D eigenvalue weighted by Gasteiger charge is 2.30. The molecule has 23 heavy (non-hydrogen) atoms. The van der Waals surface area contributed by atoms with Gasteiger partial charge in [0, 0.05) is 18.1 Å². The van der Waals surface area contributed by atoms with E-state index in [0.29, 0.717) is 17.1 Å². The molecule has 0 bridgehead atoms. The molecule has 6 nitrogen and oxygen atoms in total. The monoisotopic (exact) mass is 318 g/mol. The molecule has 1 heterocycles. The molecule has 0 saturated carbocycles. The molecule has 0 amide bonds. The Hall–Kier alpha value is -2.76. The quantitative estimate of drug-likeness (QED) is 0.510. The van der Waals surface area contributed by atoms with E-state index in [-0.39, 0.29) is 17.8 Å². The Morgan fingerprint density at radius 3 is 2.70 bits per heavy atom. The zero-order chi connectivity index (χ0) is 17.0. The maximum absolute atomic E-state index is 12.2. The van der Waals surface area contributed by atoms with Gasteiger partial charge in [0.15, 0.2) is 5.78 Å². The van der Waals surface area contributed by atoms with Crippen molar-refractivity contribution in [3.8, 4) is 11.5 Å². The van der Waals surface area contributed by atoms with E-state index in [0.717, 1.165) is 0 Å². The van der Waals surface area contributed by atoms with Gasteiger partial charge in [0.2, 0.25) is 0 Å². The smallest absolute Gasteiger partial charge is 0.345 e. The van der Waals surface area contributed by atoms with Crippen LogP contribution in [0.4, 0.5) is 0 Å². The van der Waals surface area contributed by atoms with Crippen LogP contribution in [0, 0.1) is 0 Å². The van der Waals surface area contributed by atoms with Crippen molar-refractivity contribution < 1.29 is 28.9 Å². The zero-order valence-corrected chi connectivity index (χ0v) is 13.2. The first kappa shape index (κ1) is 16.6. The molecule has 0 saturated heterocycles. The second-order valence-electron chi connectivity index (χ2n) is 5.05. The van der Waals surface area contributed by atoms with Crippen molar-refractivity contribution in [1.82, 2.24) is 0 Å². The standard InChI is InChI=1S/C17H18O6/c1-10-8-14(19)16(17(20)23-10)13(18)7-5-11-4-6-12(21-2)9-15(11)22-3/h4-7,9-10,19H,8H2,1-3H3. The number of benzene rings is 1. The molecular weight excluding hydrogens is 300 g/mol. The molecule has 6 heteroatoms. The van der Waals surface area contributed by atoms with E-state index in [1.165, 1.54) is 19.3 Å². The molecule has 0 aromatic heterocycles. The average molecular weight is 318 g/mol. The van der Waals surface area contributed by atoms with Crippen molar-refractivity contribution in [1.29, 1.82) is 0 Å². The lowest BCUT2D eigenvalue weighted by molar-refractivity contribution is -0.146. The fourth-order valence-electron chi connectivity index (χ4n) is 2.22. The van der Waals surface area contributed by atoms with E-state index in [9.17, 15) is 14.7 Å². The van der Waals surface area contributed by atoms with E-state index < -0.39 is 17.9 Å². The van der Waals surface area contributed by atoms with Crippen LogP contribution in [0.15, 0.2) is 35.6 Å². The van der Waals surface area contributed by atoms with Gasteiger partial charge >= 0.3 is 5.97 Å². The number of cyclic esters (lactones) is 1. The van der Waals surface area contributed by atoms with Crippen LogP contribution in [0.25, 0.3) is 6.08 Å². The molecule has 2 rings (SSSR count). The number of carbonyl (C=O) groups excluding carboxylic acids is 2. The number of allylic oxidation sites excluding steroid dienone is 1. The highest BCUT2D eigenvalue weighted by Crippen LogP contribution is 2.26. The summed E-state index contributed by atoms with van der Waals surface area (Å²) < 4.78 is 15.3. The third kappa shape index (κ3) is 3.71. The lowest BCUT2D eigenvalue weighted by atomic mass is 10.0. The molecule has 0 fully saturated rings. The van der Waals surface area contributed by atoms with Crippen LogP contribution in [-0.2, 0) is 14.3 Å². The first-order valence-electron chi connectivity index (χ1n) is 7.03. The third-order valence-electron chi connectivity index (χ3n) is 3.38. The molecule has 122 valence electrons. The Morgan fingerprint density at radius 1 is 1.35 bits per heavy atom. The number of ketones is 1. The average Bonchev–Trinajstić information content (AvgIpc) is 2.51. The van der Waals surface area contributed by atoms with E-state index in [1.807, 2.05) is 0 Å².